The molecule has 0 bridgehead atoms. The molecule has 2 saturated heterocycles. The van der Waals surface area contributed by atoms with E-state index in [1.807, 2.05) is 27.7 Å². The average Bonchev–Trinajstić information content (AvgIpc) is 3.90. The van der Waals surface area contributed by atoms with Gasteiger partial charge in [-0.2, -0.15) is 10.5 Å². The highest BCUT2D eigenvalue weighted by Crippen LogP contribution is 2.50. The molecule has 76 heavy (non-hydrogen) atoms. The van der Waals surface area contributed by atoms with E-state index < -0.39 is 76.1 Å². The Bertz CT molecular complexity index is 2210. The molecule has 24 nitrogen and oxygen atoms in total. The second-order valence-corrected chi connectivity index (χ2v) is 21.0. The Morgan fingerprint density at radius 2 is 1.09 bits per heavy atom. The first-order chi connectivity index (χ1) is 36.1. The third-order valence-corrected chi connectivity index (χ3v) is 15.6. The fourth-order valence-electron chi connectivity index (χ4n) is 8.04. The second kappa shape index (κ2) is 33.7. The lowest BCUT2D eigenvalue weighted by molar-refractivity contribution is -0.386. The van der Waals surface area contributed by atoms with E-state index in [1.165, 1.54) is 46.6 Å². The van der Waals surface area contributed by atoms with Gasteiger partial charge in [0, 0.05) is 54.9 Å². The number of hydrogen-bond acceptors (Lipinski definition) is 22. The molecule has 2 fully saturated rings. The van der Waals surface area contributed by atoms with Gasteiger partial charge in [-0.1, -0.05) is 0 Å². The maximum Gasteiger partial charge on any atom is 0.508 e. The van der Waals surface area contributed by atoms with E-state index >= 15 is 0 Å². The molecule has 0 amide bonds. The fraction of sp³-hybridized carbons (Fsp3) is 0.688. The molecule has 2 aromatic rings. The van der Waals surface area contributed by atoms with Gasteiger partial charge in [0.1, 0.15) is 46.9 Å². The molecule has 0 aromatic heterocycles. The zero-order valence-corrected chi connectivity index (χ0v) is 47.2. The SMILES string of the molecule is [B]C1CC(OP(OCCC#N)N(C(C)C)C(C)C)C(COC(=O)OCc2cc(OC)c(OC)cc2[N+](=O)[O-])O1.[B]C1CC(OP(OCCC#N)N(C(C)C)C(C)C)C(COCc2cc(OC)c(COC)cc2[N+](=O)[O-])O1. The van der Waals surface area contributed by atoms with Crippen molar-refractivity contribution in [2.24, 2.45) is 0 Å². The van der Waals surface area contributed by atoms with Crippen molar-refractivity contribution in [3.05, 3.63) is 61.2 Å². The Morgan fingerprint density at radius 1 is 0.658 bits per heavy atom. The zero-order chi connectivity index (χ0) is 56.6. The molecule has 418 valence electrons. The van der Waals surface area contributed by atoms with Crippen LogP contribution in [0.25, 0.3) is 0 Å². The predicted octanol–water partition coefficient (Wildman–Crippen LogP) is 8.42. The summed E-state index contributed by atoms with van der Waals surface area (Å²) in [6.45, 7) is 16.4. The third-order valence-electron chi connectivity index (χ3n) is 11.2. The van der Waals surface area contributed by atoms with Crippen molar-refractivity contribution in [1.82, 2.24) is 9.34 Å². The summed E-state index contributed by atoms with van der Waals surface area (Å²) in [5, 5.41) is 41.0. The monoisotopic (exact) mass is 1100 g/mol. The van der Waals surface area contributed by atoms with Crippen LogP contribution >= 0.6 is 17.1 Å². The number of nitrogens with zero attached hydrogens (tertiary/aromatic N) is 6. The molecule has 28 heteroatoms. The van der Waals surface area contributed by atoms with Crippen LogP contribution in [0.5, 0.6) is 17.2 Å². The summed E-state index contributed by atoms with van der Waals surface area (Å²) in [4.78, 5) is 34.4. The van der Waals surface area contributed by atoms with E-state index in [4.69, 9.17) is 86.9 Å². The summed E-state index contributed by atoms with van der Waals surface area (Å²) in [5.74, 6) is 0.893. The fourth-order valence-corrected chi connectivity index (χ4v) is 11.6. The summed E-state index contributed by atoms with van der Waals surface area (Å²) in [7, 11) is 14.8. The molecule has 8 atom stereocenters. The molecule has 2 heterocycles. The first kappa shape index (κ1) is 65.8. The predicted molar refractivity (Wildman–Crippen MR) is 281 cm³/mol. The van der Waals surface area contributed by atoms with Crippen LogP contribution in [-0.2, 0) is 66.3 Å². The Labute approximate surface area is 451 Å². The number of hydrogen-bond donors (Lipinski definition) is 0. The Morgan fingerprint density at radius 3 is 1.53 bits per heavy atom. The van der Waals surface area contributed by atoms with Crippen molar-refractivity contribution < 1.29 is 75.4 Å². The van der Waals surface area contributed by atoms with Gasteiger partial charge < -0.3 is 60.7 Å². The average molecular weight is 1100 g/mol. The molecule has 2 aliphatic rings. The van der Waals surface area contributed by atoms with Crippen LogP contribution in [0.2, 0.25) is 0 Å². The van der Waals surface area contributed by atoms with Crippen molar-refractivity contribution in [3.8, 4) is 29.4 Å². The molecule has 0 saturated carbocycles. The normalized spacial score (nSPS) is 20.1. The molecular formula is C48H72B2N6O18P2. The van der Waals surface area contributed by atoms with E-state index in [0.717, 1.165) is 0 Å². The summed E-state index contributed by atoms with van der Waals surface area (Å²) in [6.07, 6.45) is -1.95. The second-order valence-electron chi connectivity index (χ2n) is 18.2. The Balaban J connectivity index is 0.000000401. The molecule has 0 N–H and O–H groups in total. The number of carbonyl (C=O) groups is 1. The number of rotatable bonds is 31. The highest BCUT2D eigenvalue weighted by molar-refractivity contribution is 7.44. The van der Waals surface area contributed by atoms with Crippen molar-refractivity contribution in [2.45, 2.75) is 161 Å². The van der Waals surface area contributed by atoms with E-state index in [9.17, 15) is 25.0 Å². The molecule has 4 radical (unpaired) electrons. The van der Waals surface area contributed by atoms with Crippen LogP contribution in [0, 0.1) is 42.9 Å². The molecule has 0 aliphatic carbocycles. The third kappa shape index (κ3) is 20.4. The summed E-state index contributed by atoms with van der Waals surface area (Å²) in [5.41, 5.74) is 0.655. The standard InChI is InChI=1S/C24H35BN3O10P.C24H37BN3O8P/c1-15(2)27(16(3)4)39(36-9-7-8-26)38-21-12-23(25)37-22(21)14-35-24(29)34-13-17-10-19(32-5)20(33-6)11-18(17)28(30)31;1-16(2)27(17(3)4)37(34-9-7-8-26)36-22-12-24(25)35-23(22)15-33-14-18-11-21(32-6)19(13-31-5)10-20(18)28(29)30/h10-11,15-16,21-23H,7,9,12-14H2,1-6H3;10-11,16-17,22-24H,7,9,12-15H2,1-6H3. The topological polar surface area (TPSA) is 277 Å². The lowest BCUT2D eigenvalue weighted by Crippen LogP contribution is -2.36. The highest BCUT2D eigenvalue weighted by atomic mass is 31.2. The number of methoxy groups -OCH3 is 4. The highest BCUT2D eigenvalue weighted by Gasteiger charge is 2.41. The van der Waals surface area contributed by atoms with Gasteiger partial charge in [0.25, 0.3) is 28.4 Å². The minimum absolute atomic E-state index is 0.0285. The molecular weight excluding hydrogens is 1030 g/mol. The van der Waals surface area contributed by atoms with Crippen LogP contribution in [0.1, 0.15) is 97.8 Å². The lowest BCUT2D eigenvalue weighted by Gasteiger charge is -2.37. The van der Waals surface area contributed by atoms with E-state index in [2.05, 4.69) is 49.2 Å². The molecule has 0 spiro atoms. The van der Waals surface area contributed by atoms with E-state index in [-0.39, 0.29) is 105 Å². The van der Waals surface area contributed by atoms with Gasteiger partial charge in [0.2, 0.25) is 0 Å². The number of nitro benzene ring substituents is 2. The molecule has 8 unspecified atom stereocenters. The van der Waals surface area contributed by atoms with Gasteiger partial charge in [-0.25, -0.2) is 14.1 Å². The number of benzene rings is 2. The number of carbonyl (C=O) groups excluding carboxylic acids is 1. The number of ether oxygens (including phenoxy) is 9. The Kier molecular flexibility index (Phi) is 29.2. The van der Waals surface area contributed by atoms with E-state index in [1.54, 1.807) is 6.07 Å². The van der Waals surface area contributed by atoms with Crippen LogP contribution in [0.4, 0.5) is 16.2 Å². The summed E-state index contributed by atoms with van der Waals surface area (Å²) in [6, 6.07) is 9.02. The van der Waals surface area contributed by atoms with Gasteiger partial charge >= 0.3 is 6.16 Å². The summed E-state index contributed by atoms with van der Waals surface area (Å²) < 4.78 is 77.3. The Hall–Kier alpha value is -4.52. The minimum Gasteiger partial charge on any atom is -0.496 e. The molecule has 2 aromatic carbocycles. The first-order valence-electron chi connectivity index (χ1n) is 24.6. The zero-order valence-electron chi connectivity index (χ0n) is 45.4. The maximum atomic E-state index is 12.3. The summed E-state index contributed by atoms with van der Waals surface area (Å²) >= 11 is 0. The van der Waals surface area contributed by atoms with Crippen molar-refractivity contribution in [2.75, 3.05) is 54.9 Å². The number of nitro groups is 2. The van der Waals surface area contributed by atoms with Gasteiger partial charge in [0.05, 0.1) is 119 Å². The van der Waals surface area contributed by atoms with Crippen LogP contribution < -0.4 is 14.2 Å². The largest absolute Gasteiger partial charge is 0.508 e. The van der Waals surface area contributed by atoms with Gasteiger partial charge in [-0.15, -0.1) is 0 Å². The van der Waals surface area contributed by atoms with Crippen molar-refractivity contribution in [1.29, 1.82) is 10.5 Å². The first-order valence-corrected chi connectivity index (χ1v) is 26.8. The van der Waals surface area contributed by atoms with Crippen molar-refractivity contribution in [3.63, 3.8) is 0 Å². The van der Waals surface area contributed by atoms with Crippen molar-refractivity contribution >= 4 is 50.3 Å². The van der Waals surface area contributed by atoms with Gasteiger partial charge in [0.15, 0.2) is 11.5 Å². The van der Waals surface area contributed by atoms with Crippen LogP contribution in [0.3, 0.4) is 0 Å². The maximum absolute atomic E-state index is 12.3. The van der Waals surface area contributed by atoms with Gasteiger partial charge in [-0.05, 0) is 80.4 Å². The molecule has 4 rings (SSSR count). The molecule has 2 aliphatic heterocycles. The minimum atomic E-state index is -1.56. The van der Waals surface area contributed by atoms with E-state index in [0.29, 0.717) is 29.7 Å². The smallest absolute Gasteiger partial charge is 0.496 e. The quantitative estimate of drug-likeness (QED) is 0.0171. The van der Waals surface area contributed by atoms with Gasteiger partial charge in [-0.3, -0.25) is 20.2 Å². The lowest BCUT2D eigenvalue weighted by atomic mass is 9.96. The number of nitriles is 2. The van der Waals surface area contributed by atoms with Crippen LogP contribution in [0.15, 0.2) is 24.3 Å². The van der Waals surface area contributed by atoms with Crippen LogP contribution in [-0.4, -0.2) is 156 Å².